The van der Waals surface area contributed by atoms with Gasteiger partial charge < -0.3 is 10.6 Å². The van der Waals surface area contributed by atoms with Gasteiger partial charge in [-0.05, 0) is 62.1 Å². The third-order valence-electron chi connectivity index (χ3n) is 4.42. The Kier molecular flexibility index (Phi) is 3.90. The fraction of sp³-hybridized carbons (Fsp3) is 0.263. The molecule has 1 saturated carbocycles. The maximum atomic E-state index is 12.6. The summed E-state index contributed by atoms with van der Waals surface area (Å²) in [5, 5.41) is 5.71. The van der Waals surface area contributed by atoms with Crippen LogP contribution in [0, 0.1) is 19.3 Å². The maximum Gasteiger partial charge on any atom is 0.240 e. The molecule has 0 saturated heterocycles. The zero-order chi connectivity index (χ0) is 16.4. The van der Waals surface area contributed by atoms with E-state index in [0.29, 0.717) is 18.5 Å². The lowest BCUT2D eigenvalue weighted by Crippen LogP contribution is -2.35. The van der Waals surface area contributed by atoms with Crippen molar-refractivity contribution in [2.45, 2.75) is 26.7 Å². The Balaban J connectivity index is 1.70. The molecule has 0 heterocycles. The van der Waals surface area contributed by atoms with Crippen LogP contribution in [-0.2, 0) is 9.59 Å². The first kappa shape index (κ1) is 15.3. The summed E-state index contributed by atoms with van der Waals surface area (Å²) in [6, 6.07) is 15.0. The molecule has 0 aliphatic heterocycles. The summed E-state index contributed by atoms with van der Waals surface area (Å²) in [7, 11) is 0. The minimum atomic E-state index is -0.936. The highest BCUT2D eigenvalue weighted by Gasteiger charge is 2.56. The lowest BCUT2D eigenvalue weighted by molar-refractivity contribution is -0.131. The van der Waals surface area contributed by atoms with Crippen molar-refractivity contribution in [3.8, 4) is 0 Å². The summed E-state index contributed by atoms with van der Waals surface area (Å²) in [4.78, 5) is 25.0. The Morgan fingerprint density at radius 2 is 1.43 bits per heavy atom. The van der Waals surface area contributed by atoms with Crippen LogP contribution in [0.4, 0.5) is 11.4 Å². The van der Waals surface area contributed by atoms with Crippen molar-refractivity contribution in [2.75, 3.05) is 10.6 Å². The van der Waals surface area contributed by atoms with Gasteiger partial charge in [0.2, 0.25) is 11.8 Å². The van der Waals surface area contributed by atoms with Crippen LogP contribution < -0.4 is 10.6 Å². The number of anilines is 2. The number of para-hydroxylation sites is 1. The summed E-state index contributed by atoms with van der Waals surface area (Å²) in [6.45, 7) is 4.02. The van der Waals surface area contributed by atoms with Crippen LogP contribution in [0.5, 0.6) is 0 Å². The molecule has 0 unspecified atom stereocenters. The predicted molar refractivity (Wildman–Crippen MR) is 91.3 cm³/mol. The summed E-state index contributed by atoms with van der Waals surface area (Å²) < 4.78 is 0. The molecular formula is C19H20N2O2. The second-order valence-electron chi connectivity index (χ2n) is 6.16. The Bertz CT molecular complexity index is 749. The van der Waals surface area contributed by atoms with Gasteiger partial charge in [0.05, 0.1) is 0 Å². The Labute approximate surface area is 135 Å². The molecule has 118 valence electrons. The molecule has 1 aliphatic carbocycles. The van der Waals surface area contributed by atoms with E-state index in [2.05, 4.69) is 10.6 Å². The highest BCUT2D eigenvalue weighted by molar-refractivity contribution is 6.16. The molecule has 0 radical (unpaired) electrons. The van der Waals surface area contributed by atoms with E-state index >= 15 is 0 Å². The van der Waals surface area contributed by atoms with Gasteiger partial charge in [0.25, 0.3) is 0 Å². The minimum Gasteiger partial charge on any atom is -0.325 e. The second kappa shape index (κ2) is 5.88. The third-order valence-corrected chi connectivity index (χ3v) is 4.42. The van der Waals surface area contributed by atoms with Crippen molar-refractivity contribution in [3.05, 3.63) is 59.7 Å². The average Bonchev–Trinajstić information content (AvgIpc) is 3.34. The van der Waals surface area contributed by atoms with Gasteiger partial charge in [0.15, 0.2) is 0 Å². The van der Waals surface area contributed by atoms with E-state index < -0.39 is 5.41 Å². The molecule has 23 heavy (non-hydrogen) atoms. The van der Waals surface area contributed by atoms with E-state index in [4.69, 9.17) is 0 Å². The van der Waals surface area contributed by atoms with E-state index in [1.165, 1.54) is 5.56 Å². The number of nitrogens with one attached hydrogen (secondary N) is 2. The van der Waals surface area contributed by atoms with E-state index in [1.54, 1.807) is 0 Å². The van der Waals surface area contributed by atoms with Gasteiger partial charge in [-0.15, -0.1) is 0 Å². The van der Waals surface area contributed by atoms with Crippen molar-refractivity contribution in [3.63, 3.8) is 0 Å². The molecule has 2 aromatic rings. The molecule has 0 aromatic heterocycles. The molecular weight excluding hydrogens is 288 g/mol. The van der Waals surface area contributed by atoms with Gasteiger partial charge in [0.1, 0.15) is 5.41 Å². The SMILES string of the molecule is Cc1ccc(NC(=O)C2(C(=O)Nc3ccccc3)CC2)cc1C. The number of carbonyl (C=O) groups excluding carboxylic acids is 2. The van der Waals surface area contributed by atoms with Crippen molar-refractivity contribution >= 4 is 23.2 Å². The molecule has 0 spiro atoms. The molecule has 2 aromatic carbocycles. The number of aryl methyl sites for hydroxylation is 2. The first-order valence-corrected chi connectivity index (χ1v) is 7.76. The number of amides is 2. The summed E-state index contributed by atoms with van der Waals surface area (Å²) in [5.41, 5.74) is 2.79. The highest BCUT2D eigenvalue weighted by atomic mass is 16.2. The van der Waals surface area contributed by atoms with Crippen LogP contribution in [0.25, 0.3) is 0 Å². The van der Waals surface area contributed by atoms with Crippen LogP contribution >= 0.6 is 0 Å². The molecule has 4 nitrogen and oxygen atoms in total. The number of hydrogen-bond donors (Lipinski definition) is 2. The quantitative estimate of drug-likeness (QED) is 0.847. The fourth-order valence-electron chi connectivity index (χ4n) is 2.52. The average molecular weight is 308 g/mol. The molecule has 0 atom stereocenters. The number of hydrogen-bond acceptors (Lipinski definition) is 2. The number of carbonyl (C=O) groups is 2. The largest absolute Gasteiger partial charge is 0.325 e. The lowest BCUT2D eigenvalue weighted by Gasteiger charge is -2.16. The molecule has 4 heteroatoms. The predicted octanol–water partition coefficient (Wildman–Crippen LogP) is 3.66. The topological polar surface area (TPSA) is 58.2 Å². The van der Waals surface area contributed by atoms with Crippen LogP contribution in [0.15, 0.2) is 48.5 Å². The smallest absolute Gasteiger partial charge is 0.240 e. The highest BCUT2D eigenvalue weighted by Crippen LogP contribution is 2.47. The van der Waals surface area contributed by atoms with Crippen molar-refractivity contribution in [1.29, 1.82) is 0 Å². The van der Waals surface area contributed by atoms with Crippen LogP contribution in [0.1, 0.15) is 24.0 Å². The Hall–Kier alpha value is -2.62. The first-order chi connectivity index (χ1) is 11.0. The van der Waals surface area contributed by atoms with Gasteiger partial charge in [-0.3, -0.25) is 9.59 Å². The van der Waals surface area contributed by atoms with E-state index in [-0.39, 0.29) is 11.8 Å². The van der Waals surface area contributed by atoms with Crippen LogP contribution in [-0.4, -0.2) is 11.8 Å². The van der Waals surface area contributed by atoms with E-state index in [1.807, 2.05) is 62.4 Å². The fourth-order valence-corrected chi connectivity index (χ4v) is 2.52. The second-order valence-corrected chi connectivity index (χ2v) is 6.16. The zero-order valence-electron chi connectivity index (χ0n) is 13.3. The molecule has 2 N–H and O–H groups in total. The minimum absolute atomic E-state index is 0.228. The van der Waals surface area contributed by atoms with Gasteiger partial charge in [-0.25, -0.2) is 0 Å². The summed E-state index contributed by atoms with van der Waals surface area (Å²) in [5.74, 6) is -0.459. The van der Waals surface area contributed by atoms with E-state index in [9.17, 15) is 9.59 Å². The van der Waals surface area contributed by atoms with E-state index in [0.717, 1.165) is 11.3 Å². The van der Waals surface area contributed by atoms with Crippen molar-refractivity contribution in [2.24, 2.45) is 5.41 Å². The van der Waals surface area contributed by atoms with Crippen molar-refractivity contribution < 1.29 is 9.59 Å². The Morgan fingerprint density at radius 1 is 0.826 bits per heavy atom. The standard InChI is InChI=1S/C19H20N2O2/c1-13-8-9-16(12-14(13)2)21-18(23)19(10-11-19)17(22)20-15-6-4-3-5-7-15/h3-9,12H,10-11H2,1-2H3,(H,20,22)(H,21,23). The third kappa shape index (κ3) is 3.11. The van der Waals surface area contributed by atoms with Crippen molar-refractivity contribution in [1.82, 2.24) is 0 Å². The number of rotatable bonds is 4. The normalized spacial score (nSPS) is 14.9. The molecule has 3 rings (SSSR count). The first-order valence-electron chi connectivity index (χ1n) is 7.76. The van der Waals surface area contributed by atoms with Crippen LogP contribution in [0.3, 0.4) is 0 Å². The molecule has 1 aliphatic rings. The summed E-state index contributed by atoms with van der Waals surface area (Å²) in [6.07, 6.45) is 1.17. The van der Waals surface area contributed by atoms with Gasteiger partial charge in [0, 0.05) is 11.4 Å². The maximum absolute atomic E-state index is 12.6. The summed E-state index contributed by atoms with van der Waals surface area (Å²) >= 11 is 0. The van der Waals surface area contributed by atoms with Gasteiger partial charge >= 0.3 is 0 Å². The lowest BCUT2D eigenvalue weighted by atomic mass is 10.0. The Morgan fingerprint density at radius 3 is 2.00 bits per heavy atom. The molecule has 1 fully saturated rings. The molecule has 0 bridgehead atoms. The monoisotopic (exact) mass is 308 g/mol. The zero-order valence-corrected chi connectivity index (χ0v) is 13.3. The molecule has 2 amide bonds. The van der Waals surface area contributed by atoms with Crippen LogP contribution in [0.2, 0.25) is 0 Å². The number of benzene rings is 2. The van der Waals surface area contributed by atoms with Gasteiger partial charge in [-0.2, -0.15) is 0 Å². The van der Waals surface area contributed by atoms with Gasteiger partial charge in [-0.1, -0.05) is 24.3 Å².